The van der Waals surface area contributed by atoms with E-state index < -0.39 is 0 Å². The summed E-state index contributed by atoms with van der Waals surface area (Å²) in [6, 6.07) is 4.93. The third-order valence-corrected chi connectivity index (χ3v) is 4.60. The predicted octanol–water partition coefficient (Wildman–Crippen LogP) is 4.85. The fraction of sp³-hybridized carbons (Fsp3) is 0.125. The average molecular weight is 425 g/mol. The van der Waals surface area contributed by atoms with Gasteiger partial charge < -0.3 is 9.52 Å². The van der Waals surface area contributed by atoms with Gasteiger partial charge in [0, 0.05) is 24.4 Å². The summed E-state index contributed by atoms with van der Waals surface area (Å²) < 4.78 is 6.65. The molecule has 4 nitrogen and oxygen atoms in total. The Labute approximate surface area is 143 Å². The van der Waals surface area contributed by atoms with Crippen LogP contribution < -0.4 is 0 Å². The van der Waals surface area contributed by atoms with Crippen molar-refractivity contribution in [2.45, 2.75) is 13.3 Å². The number of fused-ring (bicyclic) bond motifs is 1. The van der Waals surface area contributed by atoms with Gasteiger partial charge in [0.05, 0.1) is 19.9 Å². The molecule has 0 bridgehead atoms. The molecule has 0 saturated carbocycles. The summed E-state index contributed by atoms with van der Waals surface area (Å²) >= 11 is 6.49. The Bertz CT molecular complexity index is 863. The number of aromatic hydroxyl groups is 1. The molecule has 0 aliphatic carbocycles. The van der Waals surface area contributed by atoms with Crippen molar-refractivity contribution in [1.82, 2.24) is 4.98 Å². The topological polar surface area (TPSA) is 63.3 Å². The van der Waals surface area contributed by atoms with Crippen molar-refractivity contribution in [2.75, 3.05) is 0 Å². The van der Waals surface area contributed by atoms with Gasteiger partial charge in [0.1, 0.15) is 17.1 Å². The number of phenols is 1. The molecule has 0 fully saturated rings. The lowest BCUT2D eigenvalue weighted by Gasteiger charge is -2.06. The van der Waals surface area contributed by atoms with Crippen molar-refractivity contribution in [3.05, 3.63) is 56.4 Å². The Morgan fingerprint density at radius 3 is 2.64 bits per heavy atom. The Hall–Kier alpha value is -1.66. The van der Waals surface area contributed by atoms with Crippen LogP contribution in [0.5, 0.6) is 5.75 Å². The third kappa shape index (κ3) is 2.46. The van der Waals surface area contributed by atoms with Crippen LogP contribution in [0.15, 0.2) is 44.0 Å². The minimum absolute atomic E-state index is 0.0611. The molecule has 1 aromatic carbocycles. The second-order valence-electron chi connectivity index (χ2n) is 4.74. The number of pyridine rings is 1. The smallest absolute Gasteiger partial charge is 0.197 e. The molecule has 2 aromatic heterocycles. The third-order valence-electron chi connectivity index (χ3n) is 3.39. The van der Waals surface area contributed by atoms with E-state index in [1.54, 1.807) is 30.6 Å². The Balaban J connectivity index is 2.21. The molecular formula is C16H11Br2NO3. The molecule has 0 aliphatic heterocycles. The first-order valence-electron chi connectivity index (χ1n) is 6.61. The summed E-state index contributed by atoms with van der Waals surface area (Å²) in [7, 11) is 0. The van der Waals surface area contributed by atoms with E-state index in [0.29, 0.717) is 43.2 Å². The van der Waals surface area contributed by atoms with Crippen molar-refractivity contribution in [2.24, 2.45) is 0 Å². The summed E-state index contributed by atoms with van der Waals surface area (Å²) in [5, 5.41) is 10.5. The number of hydrogen-bond acceptors (Lipinski definition) is 4. The fourth-order valence-electron chi connectivity index (χ4n) is 2.33. The highest BCUT2D eigenvalue weighted by Gasteiger charge is 2.22. The van der Waals surface area contributed by atoms with Crippen LogP contribution in [0.1, 0.15) is 28.6 Å². The number of hydrogen-bond donors (Lipinski definition) is 1. The number of aromatic nitrogens is 1. The van der Waals surface area contributed by atoms with Gasteiger partial charge in [-0.2, -0.15) is 0 Å². The average Bonchev–Trinajstić information content (AvgIpc) is 2.89. The van der Waals surface area contributed by atoms with E-state index in [0.717, 1.165) is 0 Å². The van der Waals surface area contributed by atoms with Crippen LogP contribution in [-0.2, 0) is 6.42 Å². The van der Waals surface area contributed by atoms with Crippen LogP contribution in [0.25, 0.3) is 11.0 Å². The molecule has 3 rings (SSSR count). The van der Waals surface area contributed by atoms with Gasteiger partial charge in [-0.05, 0) is 50.1 Å². The van der Waals surface area contributed by atoms with Gasteiger partial charge in [0.25, 0.3) is 0 Å². The second-order valence-corrected chi connectivity index (χ2v) is 6.45. The molecule has 2 heterocycles. The number of halogens is 2. The minimum atomic E-state index is -0.162. The van der Waals surface area contributed by atoms with Crippen LogP contribution in [0.4, 0.5) is 0 Å². The predicted molar refractivity (Wildman–Crippen MR) is 90.3 cm³/mol. The molecular weight excluding hydrogens is 414 g/mol. The standard InChI is InChI=1S/C16H11Br2NO3/c1-2-12-14(9-7-19-4-3-13(9)22-12)15(20)8-5-10(17)16(21)11(18)6-8/h3-7,21H,2H2,1H3. The maximum absolute atomic E-state index is 12.9. The highest BCUT2D eigenvalue weighted by atomic mass is 79.9. The number of furan rings is 1. The molecule has 3 aromatic rings. The zero-order valence-corrected chi connectivity index (χ0v) is 14.7. The zero-order valence-electron chi connectivity index (χ0n) is 11.6. The lowest BCUT2D eigenvalue weighted by atomic mass is 10.00. The molecule has 0 spiro atoms. The van der Waals surface area contributed by atoms with Gasteiger partial charge in [0.15, 0.2) is 5.78 Å². The SMILES string of the molecule is CCc1oc2ccncc2c1C(=O)c1cc(Br)c(O)c(Br)c1. The molecule has 0 aliphatic rings. The van der Waals surface area contributed by atoms with E-state index in [9.17, 15) is 9.90 Å². The second kappa shape index (κ2) is 5.85. The van der Waals surface area contributed by atoms with E-state index >= 15 is 0 Å². The van der Waals surface area contributed by atoms with E-state index in [1.807, 2.05) is 6.92 Å². The lowest BCUT2D eigenvalue weighted by molar-refractivity contribution is 0.103. The Morgan fingerprint density at radius 2 is 2.00 bits per heavy atom. The van der Waals surface area contributed by atoms with Gasteiger partial charge in [-0.1, -0.05) is 6.92 Å². The quantitative estimate of drug-likeness (QED) is 0.610. The van der Waals surface area contributed by atoms with Crippen molar-refractivity contribution in [3.8, 4) is 5.75 Å². The normalized spacial score (nSPS) is 11.0. The molecule has 0 atom stereocenters. The highest BCUT2D eigenvalue weighted by Crippen LogP contribution is 2.35. The van der Waals surface area contributed by atoms with Crippen LogP contribution in [0.2, 0.25) is 0 Å². The Morgan fingerprint density at radius 1 is 1.32 bits per heavy atom. The number of carbonyl (C=O) groups excluding carboxylic acids is 1. The maximum Gasteiger partial charge on any atom is 0.197 e. The summed E-state index contributed by atoms with van der Waals surface area (Å²) in [5.74, 6) is 0.532. The molecule has 0 amide bonds. The number of carbonyl (C=O) groups is 1. The molecule has 0 saturated heterocycles. The lowest BCUT2D eigenvalue weighted by Crippen LogP contribution is -2.04. The van der Waals surface area contributed by atoms with Crippen molar-refractivity contribution in [1.29, 1.82) is 0 Å². The number of nitrogens with zero attached hydrogens (tertiary/aromatic N) is 1. The fourth-order valence-corrected chi connectivity index (χ4v) is 3.52. The summed E-state index contributed by atoms with van der Waals surface area (Å²) in [4.78, 5) is 17.0. The van der Waals surface area contributed by atoms with Crippen molar-refractivity contribution < 1.29 is 14.3 Å². The monoisotopic (exact) mass is 423 g/mol. The largest absolute Gasteiger partial charge is 0.506 e. The maximum atomic E-state index is 12.9. The highest BCUT2D eigenvalue weighted by molar-refractivity contribution is 9.11. The summed E-state index contributed by atoms with van der Waals surface area (Å²) in [5.41, 5.74) is 1.63. The van der Waals surface area contributed by atoms with Gasteiger partial charge in [-0.15, -0.1) is 0 Å². The number of aryl methyl sites for hydroxylation is 1. The van der Waals surface area contributed by atoms with Crippen molar-refractivity contribution >= 4 is 48.6 Å². The summed E-state index contributed by atoms with van der Waals surface area (Å²) in [6.07, 6.45) is 3.87. The number of ketones is 1. The molecule has 22 heavy (non-hydrogen) atoms. The first-order valence-corrected chi connectivity index (χ1v) is 8.19. The van der Waals surface area contributed by atoms with Crippen molar-refractivity contribution in [3.63, 3.8) is 0 Å². The molecule has 6 heteroatoms. The molecule has 1 N–H and O–H groups in total. The summed E-state index contributed by atoms with van der Waals surface area (Å²) in [6.45, 7) is 1.94. The first-order chi connectivity index (χ1) is 10.5. The molecule has 112 valence electrons. The van der Waals surface area contributed by atoms with Gasteiger partial charge in [-0.3, -0.25) is 9.78 Å². The van der Waals surface area contributed by atoms with Crippen LogP contribution >= 0.6 is 31.9 Å². The van der Waals surface area contributed by atoms with Crippen LogP contribution in [0, 0.1) is 0 Å². The van der Waals surface area contributed by atoms with Gasteiger partial charge >= 0.3 is 0 Å². The first kappa shape index (κ1) is 15.2. The number of rotatable bonds is 3. The molecule has 0 radical (unpaired) electrons. The zero-order chi connectivity index (χ0) is 15.9. The van der Waals surface area contributed by atoms with Gasteiger partial charge in [-0.25, -0.2) is 0 Å². The van der Waals surface area contributed by atoms with E-state index in [4.69, 9.17) is 4.42 Å². The van der Waals surface area contributed by atoms with Gasteiger partial charge in [0.2, 0.25) is 0 Å². The number of phenolic OH excluding ortho intramolecular Hbond substituents is 1. The van der Waals surface area contributed by atoms with Crippen LogP contribution in [-0.4, -0.2) is 15.9 Å². The Kier molecular flexibility index (Phi) is 4.06. The number of benzene rings is 1. The minimum Gasteiger partial charge on any atom is -0.506 e. The van der Waals surface area contributed by atoms with E-state index in [2.05, 4.69) is 36.8 Å². The van der Waals surface area contributed by atoms with Crippen LogP contribution in [0.3, 0.4) is 0 Å². The van der Waals surface area contributed by atoms with E-state index in [1.165, 1.54) is 0 Å². The molecule has 0 unspecified atom stereocenters. The van der Waals surface area contributed by atoms with E-state index in [-0.39, 0.29) is 11.5 Å².